The summed E-state index contributed by atoms with van der Waals surface area (Å²) in [6, 6.07) is 6.07. The summed E-state index contributed by atoms with van der Waals surface area (Å²) in [5, 5.41) is 8.52. The van der Waals surface area contributed by atoms with Crippen molar-refractivity contribution in [2.75, 3.05) is 6.54 Å². The predicted molar refractivity (Wildman–Crippen MR) is 82.5 cm³/mol. The van der Waals surface area contributed by atoms with E-state index in [9.17, 15) is 0 Å². The molecule has 1 atom stereocenters. The van der Waals surface area contributed by atoms with Crippen molar-refractivity contribution in [3.8, 4) is 0 Å². The predicted octanol–water partition coefficient (Wildman–Crippen LogP) is 3.93. The van der Waals surface area contributed by atoms with Crippen molar-refractivity contribution in [1.82, 2.24) is 15.1 Å². The molecule has 1 aromatic carbocycles. The maximum atomic E-state index is 6.41. The third-order valence-corrected chi connectivity index (χ3v) is 4.26. The van der Waals surface area contributed by atoms with Crippen LogP contribution in [0.15, 0.2) is 35.1 Å². The van der Waals surface area contributed by atoms with Gasteiger partial charge in [-0.15, -0.1) is 0 Å². The molecule has 1 heterocycles. The molecule has 1 N–H and O–H groups in total. The molecule has 5 heteroatoms. The summed E-state index contributed by atoms with van der Waals surface area (Å²) in [7, 11) is 1.92. The van der Waals surface area contributed by atoms with Gasteiger partial charge in [-0.25, -0.2) is 0 Å². The zero-order chi connectivity index (χ0) is 13.8. The monoisotopic (exact) mass is 341 g/mol. The quantitative estimate of drug-likeness (QED) is 0.892. The van der Waals surface area contributed by atoms with Crippen LogP contribution in [0.25, 0.3) is 0 Å². The van der Waals surface area contributed by atoms with Gasteiger partial charge < -0.3 is 5.32 Å². The third-order valence-electron chi connectivity index (χ3n) is 2.95. The Hall–Kier alpha value is -0.840. The Morgan fingerprint density at radius 3 is 2.89 bits per heavy atom. The summed E-state index contributed by atoms with van der Waals surface area (Å²) in [5.41, 5.74) is 2.19. The Morgan fingerprint density at radius 2 is 2.26 bits per heavy atom. The van der Waals surface area contributed by atoms with Gasteiger partial charge in [-0.1, -0.05) is 30.7 Å². The fraction of sp³-hybridized carbons (Fsp3) is 0.357. The average molecular weight is 343 g/mol. The highest BCUT2D eigenvalue weighted by molar-refractivity contribution is 9.10. The first kappa shape index (κ1) is 14.6. The van der Waals surface area contributed by atoms with E-state index in [2.05, 4.69) is 33.3 Å². The number of aromatic nitrogens is 2. The standard InChI is InChI=1S/C14H17BrClN3/c1-3-7-17-14(10-8-18-19(2)9-10)11-5-4-6-12(15)13(11)16/h4-6,8-9,14,17H,3,7H2,1-2H3. The lowest BCUT2D eigenvalue weighted by atomic mass is 10.0. The summed E-state index contributed by atoms with van der Waals surface area (Å²) in [5.74, 6) is 0. The van der Waals surface area contributed by atoms with Crippen molar-refractivity contribution in [2.24, 2.45) is 7.05 Å². The first-order valence-electron chi connectivity index (χ1n) is 6.29. The summed E-state index contributed by atoms with van der Waals surface area (Å²) >= 11 is 9.89. The summed E-state index contributed by atoms with van der Waals surface area (Å²) in [6.07, 6.45) is 4.97. The minimum atomic E-state index is 0.0682. The van der Waals surface area contributed by atoms with Crippen LogP contribution in [0.1, 0.15) is 30.5 Å². The van der Waals surface area contributed by atoms with Crippen molar-refractivity contribution in [3.63, 3.8) is 0 Å². The van der Waals surface area contributed by atoms with Crippen LogP contribution in [-0.2, 0) is 7.05 Å². The number of aryl methyl sites for hydroxylation is 1. The van der Waals surface area contributed by atoms with Crippen LogP contribution in [0.5, 0.6) is 0 Å². The van der Waals surface area contributed by atoms with E-state index >= 15 is 0 Å². The molecule has 102 valence electrons. The van der Waals surface area contributed by atoms with Gasteiger partial charge in [0.2, 0.25) is 0 Å². The molecular formula is C14H17BrClN3. The lowest BCUT2D eigenvalue weighted by molar-refractivity contribution is 0.598. The van der Waals surface area contributed by atoms with E-state index in [0.29, 0.717) is 0 Å². The smallest absolute Gasteiger partial charge is 0.0623 e. The molecule has 0 radical (unpaired) electrons. The molecule has 2 rings (SSSR count). The van der Waals surface area contributed by atoms with Gasteiger partial charge in [0.05, 0.1) is 17.3 Å². The van der Waals surface area contributed by atoms with Gasteiger partial charge in [0.1, 0.15) is 0 Å². The molecule has 19 heavy (non-hydrogen) atoms. The second-order valence-electron chi connectivity index (χ2n) is 4.48. The van der Waals surface area contributed by atoms with Crippen LogP contribution in [0.4, 0.5) is 0 Å². The molecule has 0 saturated carbocycles. The molecule has 0 aliphatic heterocycles. The van der Waals surface area contributed by atoms with Crippen LogP contribution in [0, 0.1) is 0 Å². The van der Waals surface area contributed by atoms with E-state index in [1.54, 1.807) is 0 Å². The first-order valence-corrected chi connectivity index (χ1v) is 7.46. The number of benzene rings is 1. The van der Waals surface area contributed by atoms with Crippen LogP contribution in [0.3, 0.4) is 0 Å². The molecule has 1 unspecified atom stereocenters. The Kier molecular flexibility index (Phi) is 5.02. The lowest BCUT2D eigenvalue weighted by Gasteiger charge is -2.19. The van der Waals surface area contributed by atoms with E-state index in [1.165, 1.54) is 0 Å². The zero-order valence-electron chi connectivity index (χ0n) is 11.0. The first-order chi connectivity index (χ1) is 9.13. The highest BCUT2D eigenvalue weighted by atomic mass is 79.9. The van der Waals surface area contributed by atoms with Gasteiger partial charge in [-0.05, 0) is 40.5 Å². The maximum absolute atomic E-state index is 6.41. The second kappa shape index (κ2) is 6.55. The minimum Gasteiger partial charge on any atom is -0.306 e. The molecule has 0 amide bonds. The fourth-order valence-corrected chi connectivity index (χ4v) is 2.65. The summed E-state index contributed by atoms with van der Waals surface area (Å²) in [4.78, 5) is 0. The molecular weight excluding hydrogens is 326 g/mol. The van der Waals surface area contributed by atoms with Crippen molar-refractivity contribution in [3.05, 3.63) is 51.2 Å². The Bertz CT molecular complexity index is 553. The van der Waals surface area contributed by atoms with Crippen molar-refractivity contribution < 1.29 is 0 Å². The SMILES string of the molecule is CCCNC(c1cnn(C)c1)c1cccc(Br)c1Cl. The molecule has 0 bridgehead atoms. The van der Waals surface area contributed by atoms with E-state index in [-0.39, 0.29) is 6.04 Å². The lowest BCUT2D eigenvalue weighted by Crippen LogP contribution is -2.23. The molecule has 0 aliphatic carbocycles. The average Bonchev–Trinajstić information content (AvgIpc) is 2.81. The Labute approximate surface area is 127 Å². The number of hydrogen-bond donors (Lipinski definition) is 1. The highest BCUT2D eigenvalue weighted by Crippen LogP contribution is 2.33. The summed E-state index contributed by atoms with van der Waals surface area (Å²) < 4.78 is 2.72. The minimum absolute atomic E-state index is 0.0682. The van der Waals surface area contributed by atoms with E-state index in [1.807, 2.05) is 42.3 Å². The summed E-state index contributed by atoms with van der Waals surface area (Å²) in [6.45, 7) is 3.08. The highest BCUT2D eigenvalue weighted by Gasteiger charge is 2.18. The van der Waals surface area contributed by atoms with E-state index < -0.39 is 0 Å². The van der Waals surface area contributed by atoms with Crippen LogP contribution < -0.4 is 5.32 Å². The molecule has 0 fully saturated rings. The molecule has 3 nitrogen and oxygen atoms in total. The van der Waals surface area contributed by atoms with Gasteiger partial charge in [0.25, 0.3) is 0 Å². The second-order valence-corrected chi connectivity index (χ2v) is 5.71. The molecule has 0 saturated heterocycles. The number of nitrogens with zero attached hydrogens (tertiary/aromatic N) is 2. The van der Waals surface area contributed by atoms with Gasteiger partial charge in [0.15, 0.2) is 0 Å². The third kappa shape index (κ3) is 3.38. The number of halogens is 2. The maximum Gasteiger partial charge on any atom is 0.0623 e. The molecule has 0 spiro atoms. The Morgan fingerprint density at radius 1 is 1.47 bits per heavy atom. The topological polar surface area (TPSA) is 29.9 Å². The van der Waals surface area contributed by atoms with E-state index in [4.69, 9.17) is 11.6 Å². The molecule has 1 aromatic heterocycles. The zero-order valence-corrected chi connectivity index (χ0v) is 13.4. The fourth-order valence-electron chi connectivity index (χ4n) is 2.03. The van der Waals surface area contributed by atoms with Crippen LogP contribution >= 0.6 is 27.5 Å². The van der Waals surface area contributed by atoms with Crippen molar-refractivity contribution in [1.29, 1.82) is 0 Å². The van der Waals surface area contributed by atoms with Crippen molar-refractivity contribution in [2.45, 2.75) is 19.4 Å². The number of rotatable bonds is 5. The largest absolute Gasteiger partial charge is 0.306 e. The van der Waals surface area contributed by atoms with E-state index in [0.717, 1.165) is 33.6 Å². The molecule has 0 aliphatic rings. The number of nitrogens with one attached hydrogen (secondary N) is 1. The van der Waals surface area contributed by atoms with Crippen LogP contribution in [0.2, 0.25) is 5.02 Å². The normalized spacial score (nSPS) is 12.6. The number of hydrogen-bond acceptors (Lipinski definition) is 2. The van der Waals surface area contributed by atoms with Gasteiger partial charge in [0, 0.05) is 23.3 Å². The Balaban J connectivity index is 2.39. The van der Waals surface area contributed by atoms with Crippen molar-refractivity contribution >= 4 is 27.5 Å². The van der Waals surface area contributed by atoms with Gasteiger partial charge in [-0.2, -0.15) is 5.10 Å². The molecule has 2 aromatic rings. The van der Waals surface area contributed by atoms with Gasteiger partial charge >= 0.3 is 0 Å². The van der Waals surface area contributed by atoms with Crippen LogP contribution in [-0.4, -0.2) is 16.3 Å². The van der Waals surface area contributed by atoms with Gasteiger partial charge in [-0.3, -0.25) is 4.68 Å².